The molecule has 1 aliphatic heterocycles. The molecule has 2 aromatic heterocycles. The summed E-state index contributed by atoms with van der Waals surface area (Å²) in [5.41, 5.74) is 4.17. The van der Waals surface area contributed by atoms with Crippen molar-refractivity contribution in [3.05, 3.63) is 107 Å². The molecule has 0 spiro atoms. The maximum Gasteiger partial charge on any atom is 0.277 e. The van der Waals surface area contributed by atoms with Gasteiger partial charge < -0.3 is 10.2 Å². The Morgan fingerprint density at radius 1 is 1.11 bits per heavy atom. The van der Waals surface area contributed by atoms with E-state index in [2.05, 4.69) is 27.5 Å². The zero-order chi connectivity index (χ0) is 24.4. The summed E-state index contributed by atoms with van der Waals surface area (Å²) in [6.45, 7) is 2.43. The van der Waals surface area contributed by atoms with Crippen LogP contribution in [-0.4, -0.2) is 32.6 Å². The van der Waals surface area contributed by atoms with E-state index in [4.69, 9.17) is 5.26 Å². The third kappa shape index (κ3) is 4.39. The van der Waals surface area contributed by atoms with Crippen molar-refractivity contribution in [3.63, 3.8) is 0 Å². The van der Waals surface area contributed by atoms with Crippen LogP contribution in [0, 0.1) is 11.3 Å². The van der Waals surface area contributed by atoms with Crippen LogP contribution < -0.4 is 10.2 Å². The second-order valence-corrected chi connectivity index (χ2v) is 8.44. The molecule has 172 valence electrons. The molecule has 8 heteroatoms. The summed E-state index contributed by atoms with van der Waals surface area (Å²) in [7, 11) is 0. The van der Waals surface area contributed by atoms with E-state index in [0.29, 0.717) is 12.2 Å². The van der Waals surface area contributed by atoms with Gasteiger partial charge in [0.1, 0.15) is 17.5 Å². The van der Waals surface area contributed by atoms with Gasteiger partial charge in [0.2, 0.25) is 0 Å². The number of nitriles is 1. The minimum atomic E-state index is -0.470. The number of benzene rings is 2. The molecule has 5 rings (SSSR count). The Labute approximate surface area is 202 Å². The molecule has 35 heavy (non-hydrogen) atoms. The number of carbonyl (C=O) groups is 2. The van der Waals surface area contributed by atoms with E-state index in [-0.39, 0.29) is 28.9 Å². The maximum atomic E-state index is 13.6. The molecule has 1 atom stereocenters. The largest absolute Gasteiger partial charge is 0.322 e. The van der Waals surface area contributed by atoms with E-state index < -0.39 is 5.91 Å². The van der Waals surface area contributed by atoms with Crippen molar-refractivity contribution in [2.45, 2.75) is 25.9 Å². The van der Waals surface area contributed by atoms with E-state index in [1.807, 2.05) is 55.5 Å². The van der Waals surface area contributed by atoms with Gasteiger partial charge in [-0.15, -0.1) is 0 Å². The fourth-order valence-corrected chi connectivity index (χ4v) is 4.31. The Morgan fingerprint density at radius 2 is 1.86 bits per heavy atom. The topological polar surface area (TPSA) is 104 Å². The van der Waals surface area contributed by atoms with Gasteiger partial charge >= 0.3 is 0 Å². The lowest BCUT2D eigenvalue weighted by molar-refractivity contribution is 0.0933. The monoisotopic (exact) mass is 462 g/mol. The van der Waals surface area contributed by atoms with E-state index in [9.17, 15) is 9.59 Å². The van der Waals surface area contributed by atoms with Crippen LogP contribution in [-0.2, 0) is 13.0 Å². The van der Waals surface area contributed by atoms with Crippen LogP contribution in [0.4, 0.5) is 11.4 Å². The first-order valence-electron chi connectivity index (χ1n) is 11.2. The molecular weight excluding hydrogens is 440 g/mol. The number of hydrogen-bond acceptors (Lipinski definition) is 5. The average Bonchev–Trinajstić information content (AvgIpc) is 3.30. The van der Waals surface area contributed by atoms with Gasteiger partial charge in [-0.05, 0) is 48.7 Å². The van der Waals surface area contributed by atoms with Gasteiger partial charge in [0.25, 0.3) is 11.8 Å². The normalized spacial score (nSPS) is 14.8. The second kappa shape index (κ2) is 9.23. The Kier molecular flexibility index (Phi) is 5.81. The highest BCUT2D eigenvalue weighted by Crippen LogP contribution is 2.28. The molecule has 0 saturated heterocycles. The standard InChI is InChI=1S/C27H22N6O2/c1-18-17-32-25(24(16-30-32)26(34)31-21-11-12-29-22(14-21)15-28)27(35)33(18)23-9-7-20(8-10-23)13-19-5-3-2-4-6-19/h2-12,14,16,18H,13,17H2,1H3,(H,29,31,34)/t18-/m1/s1. The summed E-state index contributed by atoms with van der Waals surface area (Å²) >= 11 is 0. The first-order chi connectivity index (χ1) is 17.0. The fourth-order valence-electron chi connectivity index (χ4n) is 4.31. The molecule has 1 aliphatic rings. The number of amides is 2. The molecule has 1 N–H and O–H groups in total. The van der Waals surface area contributed by atoms with Crippen LogP contribution >= 0.6 is 0 Å². The highest BCUT2D eigenvalue weighted by molar-refractivity contribution is 6.15. The van der Waals surface area contributed by atoms with Gasteiger partial charge in [0.05, 0.1) is 24.3 Å². The van der Waals surface area contributed by atoms with E-state index in [1.165, 1.54) is 24.0 Å². The van der Waals surface area contributed by atoms with Crippen LogP contribution in [0.25, 0.3) is 0 Å². The summed E-state index contributed by atoms with van der Waals surface area (Å²) in [6.07, 6.45) is 3.66. The van der Waals surface area contributed by atoms with Crippen molar-refractivity contribution in [3.8, 4) is 6.07 Å². The molecule has 8 nitrogen and oxygen atoms in total. The molecule has 0 aliphatic carbocycles. The Hall–Kier alpha value is -4.77. The van der Waals surface area contributed by atoms with Gasteiger partial charge in [0.15, 0.2) is 0 Å². The molecule has 0 radical (unpaired) electrons. The molecule has 3 heterocycles. The van der Waals surface area contributed by atoms with Gasteiger partial charge in [-0.3, -0.25) is 14.3 Å². The molecule has 2 aromatic carbocycles. The molecule has 2 amide bonds. The summed E-state index contributed by atoms with van der Waals surface area (Å²) in [5.74, 6) is -0.753. The predicted molar refractivity (Wildman–Crippen MR) is 131 cm³/mol. The number of carbonyl (C=O) groups excluding carboxylic acids is 2. The van der Waals surface area contributed by atoms with Gasteiger partial charge in [0, 0.05) is 17.6 Å². The van der Waals surface area contributed by atoms with E-state index in [0.717, 1.165) is 17.7 Å². The number of rotatable bonds is 5. The third-order valence-electron chi connectivity index (χ3n) is 5.98. The summed E-state index contributed by atoms with van der Waals surface area (Å²) in [6, 6.07) is 23.0. The Morgan fingerprint density at radius 3 is 2.60 bits per heavy atom. The summed E-state index contributed by atoms with van der Waals surface area (Å²) in [5, 5.41) is 16.1. The minimum absolute atomic E-state index is 0.135. The average molecular weight is 463 g/mol. The number of anilines is 2. The number of nitrogens with zero attached hydrogens (tertiary/aromatic N) is 5. The number of fused-ring (bicyclic) bond motifs is 1. The highest BCUT2D eigenvalue weighted by atomic mass is 16.2. The Balaban J connectivity index is 1.38. The van der Waals surface area contributed by atoms with E-state index >= 15 is 0 Å². The molecule has 0 fully saturated rings. The number of pyridine rings is 1. The lowest BCUT2D eigenvalue weighted by Crippen LogP contribution is -2.47. The zero-order valence-electron chi connectivity index (χ0n) is 19.0. The van der Waals surface area contributed by atoms with Crippen molar-refractivity contribution in [1.82, 2.24) is 14.8 Å². The zero-order valence-corrected chi connectivity index (χ0v) is 19.0. The van der Waals surface area contributed by atoms with Crippen molar-refractivity contribution >= 4 is 23.2 Å². The van der Waals surface area contributed by atoms with Crippen molar-refractivity contribution in [1.29, 1.82) is 5.26 Å². The van der Waals surface area contributed by atoms with Gasteiger partial charge in [-0.25, -0.2) is 4.98 Å². The van der Waals surface area contributed by atoms with Crippen LogP contribution in [0.2, 0.25) is 0 Å². The number of aromatic nitrogens is 3. The molecule has 0 saturated carbocycles. The second-order valence-electron chi connectivity index (χ2n) is 8.44. The summed E-state index contributed by atoms with van der Waals surface area (Å²) < 4.78 is 1.58. The summed E-state index contributed by atoms with van der Waals surface area (Å²) in [4.78, 5) is 32.2. The van der Waals surface area contributed by atoms with Crippen LogP contribution in [0.3, 0.4) is 0 Å². The number of hydrogen-bond donors (Lipinski definition) is 1. The third-order valence-corrected chi connectivity index (χ3v) is 5.98. The highest BCUT2D eigenvalue weighted by Gasteiger charge is 2.35. The fraction of sp³-hybridized carbons (Fsp3) is 0.148. The predicted octanol–water partition coefficient (Wildman–Crippen LogP) is 4.04. The SMILES string of the molecule is C[C@@H]1Cn2ncc(C(=O)Nc3ccnc(C#N)c3)c2C(=O)N1c1ccc(Cc2ccccc2)cc1. The maximum absolute atomic E-state index is 13.6. The minimum Gasteiger partial charge on any atom is -0.322 e. The Bertz CT molecular complexity index is 1440. The first kappa shape index (κ1) is 22.0. The lowest BCUT2D eigenvalue weighted by Gasteiger charge is -2.34. The quantitative estimate of drug-likeness (QED) is 0.482. The van der Waals surface area contributed by atoms with E-state index in [1.54, 1.807) is 15.6 Å². The first-order valence-corrected chi connectivity index (χ1v) is 11.2. The lowest BCUT2D eigenvalue weighted by atomic mass is 10.0. The molecular formula is C27H22N6O2. The molecule has 4 aromatic rings. The van der Waals surface area contributed by atoms with Crippen LogP contribution in [0.15, 0.2) is 79.1 Å². The van der Waals surface area contributed by atoms with Crippen LogP contribution in [0.1, 0.15) is 44.6 Å². The van der Waals surface area contributed by atoms with Gasteiger partial charge in [-0.1, -0.05) is 42.5 Å². The van der Waals surface area contributed by atoms with Crippen molar-refractivity contribution in [2.75, 3.05) is 10.2 Å². The smallest absolute Gasteiger partial charge is 0.277 e. The molecule has 0 unspecified atom stereocenters. The van der Waals surface area contributed by atoms with Gasteiger partial charge in [-0.2, -0.15) is 10.4 Å². The van der Waals surface area contributed by atoms with Crippen molar-refractivity contribution in [2.24, 2.45) is 0 Å². The van der Waals surface area contributed by atoms with Crippen LogP contribution in [0.5, 0.6) is 0 Å². The van der Waals surface area contributed by atoms with Crippen molar-refractivity contribution < 1.29 is 9.59 Å². The number of nitrogens with one attached hydrogen (secondary N) is 1. The molecule has 0 bridgehead atoms.